The third kappa shape index (κ3) is 2.87. The highest BCUT2D eigenvalue weighted by Gasteiger charge is 2.14. The summed E-state index contributed by atoms with van der Waals surface area (Å²) < 4.78 is 16.4. The average molecular weight is 326 g/mol. The van der Waals surface area contributed by atoms with E-state index in [1.54, 1.807) is 18.6 Å². The molecule has 5 nitrogen and oxygen atoms in total. The highest BCUT2D eigenvalue weighted by molar-refractivity contribution is 5.89. The number of fused-ring (bicyclic) bond motifs is 1. The van der Waals surface area contributed by atoms with Gasteiger partial charge in [0.15, 0.2) is 5.82 Å². The average Bonchev–Trinajstić information content (AvgIpc) is 2.93. The molecule has 0 aliphatic rings. The molecular weight excluding hydrogens is 307 g/mol. The highest BCUT2D eigenvalue weighted by atomic mass is 19.1. The Morgan fingerprint density at radius 3 is 2.67 bits per heavy atom. The maximum absolute atomic E-state index is 14.5. The predicted octanol–water partition coefficient (Wildman–Crippen LogP) is 4.09. The van der Waals surface area contributed by atoms with Crippen molar-refractivity contribution in [2.45, 2.75) is 33.7 Å². The number of carbonyl (C=O) groups excluding carboxylic acids is 1. The molecule has 0 aliphatic carbocycles. The number of nitrogens with zero attached hydrogens (tertiary/aromatic N) is 3. The van der Waals surface area contributed by atoms with Crippen LogP contribution in [0.25, 0.3) is 22.2 Å². The molecular formula is C18H19FN4O. The third-order valence-electron chi connectivity index (χ3n) is 3.91. The Kier molecular flexibility index (Phi) is 4.05. The van der Waals surface area contributed by atoms with E-state index in [1.165, 1.54) is 13.0 Å². The summed E-state index contributed by atoms with van der Waals surface area (Å²) in [6.07, 6.45) is 3.33. The lowest BCUT2D eigenvalue weighted by molar-refractivity contribution is -0.114. The van der Waals surface area contributed by atoms with Gasteiger partial charge in [-0.2, -0.15) is 0 Å². The molecule has 0 atom stereocenters. The first kappa shape index (κ1) is 16.1. The lowest BCUT2D eigenvalue weighted by Gasteiger charge is -2.12. The van der Waals surface area contributed by atoms with Crippen molar-refractivity contribution in [2.24, 2.45) is 0 Å². The molecule has 2 aromatic heterocycles. The van der Waals surface area contributed by atoms with Crippen molar-refractivity contribution in [3.05, 3.63) is 42.1 Å². The second-order valence-corrected chi connectivity index (χ2v) is 6.14. The Balaban J connectivity index is 2.19. The number of amides is 1. The molecule has 3 rings (SSSR count). The van der Waals surface area contributed by atoms with Crippen LogP contribution in [0.15, 0.2) is 30.7 Å². The molecule has 0 radical (unpaired) electrons. The molecule has 0 saturated carbocycles. The number of nitrogens with one attached hydrogen (secondary N) is 1. The van der Waals surface area contributed by atoms with Gasteiger partial charge in [-0.1, -0.05) is 0 Å². The maximum atomic E-state index is 14.5. The zero-order valence-electron chi connectivity index (χ0n) is 14.1. The monoisotopic (exact) mass is 326 g/mol. The van der Waals surface area contributed by atoms with Crippen LogP contribution < -0.4 is 5.32 Å². The van der Waals surface area contributed by atoms with E-state index in [-0.39, 0.29) is 17.8 Å². The van der Waals surface area contributed by atoms with Gasteiger partial charge >= 0.3 is 0 Å². The zero-order chi connectivity index (χ0) is 17.4. The number of carbonyl (C=O) groups is 1. The number of halogens is 1. The molecule has 0 fully saturated rings. The molecule has 2 heterocycles. The van der Waals surface area contributed by atoms with Gasteiger partial charge in [0, 0.05) is 19.2 Å². The van der Waals surface area contributed by atoms with Gasteiger partial charge in [-0.25, -0.2) is 14.4 Å². The van der Waals surface area contributed by atoms with E-state index in [2.05, 4.69) is 15.3 Å². The Labute approximate surface area is 139 Å². The van der Waals surface area contributed by atoms with Crippen LogP contribution in [0.3, 0.4) is 0 Å². The number of anilines is 1. The molecule has 0 spiro atoms. The molecule has 0 saturated heterocycles. The summed E-state index contributed by atoms with van der Waals surface area (Å²) in [6, 6.07) is 5.33. The zero-order valence-corrected chi connectivity index (χ0v) is 14.1. The fraction of sp³-hybridized carbons (Fsp3) is 0.278. The fourth-order valence-corrected chi connectivity index (χ4v) is 2.74. The number of hydrogen-bond acceptors (Lipinski definition) is 3. The normalized spacial score (nSPS) is 11.2. The topological polar surface area (TPSA) is 59.8 Å². The molecule has 0 unspecified atom stereocenters. The quantitative estimate of drug-likeness (QED) is 0.789. The molecule has 3 aromatic rings. The van der Waals surface area contributed by atoms with Crippen LogP contribution in [0.5, 0.6) is 0 Å². The summed E-state index contributed by atoms with van der Waals surface area (Å²) in [5, 5.41) is 2.66. The molecule has 0 aliphatic heterocycles. The second-order valence-electron chi connectivity index (χ2n) is 6.14. The number of aryl methyl sites for hydroxylation is 1. The molecule has 0 bridgehead atoms. The smallest absolute Gasteiger partial charge is 0.222 e. The van der Waals surface area contributed by atoms with Gasteiger partial charge in [-0.15, -0.1) is 0 Å². The van der Waals surface area contributed by atoms with E-state index in [1.807, 2.05) is 31.4 Å². The molecule has 6 heteroatoms. The van der Waals surface area contributed by atoms with Crippen LogP contribution >= 0.6 is 0 Å². The first-order chi connectivity index (χ1) is 11.4. The molecule has 1 N–H and O–H groups in total. The van der Waals surface area contributed by atoms with E-state index in [9.17, 15) is 9.18 Å². The predicted molar refractivity (Wildman–Crippen MR) is 92.3 cm³/mol. The largest absolute Gasteiger partial charge is 0.328 e. The van der Waals surface area contributed by atoms with Gasteiger partial charge < -0.3 is 9.88 Å². The van der Waals surface area contributed by atoms with Gasteiger partial charge in [0.05, 0.1) is 11.8 Å². The van der Waals surface area contributed by atoms with Gasteiger partial charge in [0.1, 0.15) is 11.3 Å². The summed E-state index contributed by atoms with van der Waals surface area (Å²) in [5.74, 6) is -0.114. The van der Waals surface area contributed by atoms with Crippen molar-refractivity contribution >= 4 is 22.8 Å². The molecule has 1 amide bonds. The van der Waals surface area contributed by atoms with Crippen LogP contribution in [-0.2, 0) is 4.79 Å². The molecule has 1 aromatic carbocycles. The molecule has 124 valence electrons. The van der Waals surface area contributed by atoms with E-state index in [4.69, 9.17) is 0 Å². The van der Waals surface area contributed by atoms with E-state index in [0.29, 0.717) is 11.3 Å². The summed E-state index contributed by atoms with van der Waals surface area (Å²) in [4.78, 5) is 19.6. The van der Waals surface area contributed by atoms with Crippen LogP contribution in [0.4, 0.5) is 10.2 Å². The van der Waals surface area contributed by atoms with E-state index in [0.717, 1.165) is 22.2 Å². The number of imidazole rings is 1. The minimum absolute atomic E-state index is 0.179. The summed E-state index contributed by atoms with van der Waals surface area (Å²) in [6.45, 7) is 7.38. The van der Waals surface area contributed by atoms with Crippen LogP contribution in [0, 0.1) is 12.7 Å². The SMILES string of the molecule is CC(=O)Nc1cc(-c2cc(F)c3ncn(C(C)C)c3c2)c(C)cn1. The number of rotatable bonds is 3. The standard InChI is InChI=1S/C18H19FN4O/c1-10(2)23-9-21-18-15(19)5-13(6-16(18)23)14-7-17(22-12(4)24)20-8-11(14)3/h5-10H,1-4H3,(H,20,22,24). The Morgan fingerprint density at radius 2 is 2.00 bits per heavy atom. The van der Waals surface area contributed by atoms with Crippen molar-refractivity contribution in [1.29, 1.82) is 0 Å². The summed E-state index contributed by atoms with van der Waals surface area (Å²) in [7, 11) is 0. The lowest BCUT2D eigenvalue weighted by Crippen LogP contribution is -2.07. The highest BCUT2D eigenvalue weighted by Crippen LogP contribution is 2.30. The Hall–Kier alpha value is -2.76. The van der Waals surface area contributed by atoms with Crippen molar-refractivity contribution in [3.63, 3.8) is 0 Å². The van der Waals surface area contributed by atoms with Crippen molar-refractivity contribution in [1.82, 2.24) is 14.5 Å². The Morgan fingerprint density at radius 1 is 1.25 bits per heavy atom. The molecule has 24 heavy (non-hydrogen) atoms. The van der Waals surface area contributed by atoms with E-state index < -0.39 is 0 Å². The van der Waals surface area contributed by atoms with E-state index >= 15 is 0 Å². The first-order valence-corrected chi connectivity index (χ1v) is 7.77. The number of benzene rings is 1. The summed E-state index contributed by atoms with van der Waals surface area (Å²) in [5.41, 5.74) is 3.57. The van der Waals surface area contributed by atoms with Crippen LogP contribution in [0.2, 0.25) is 0 Å². The first-order valence-electron chi connectivity index (χ1n) is 7.77. The fourth-order valence-electron chi connectivity index (χ4n) is 2.74. The van der Waals surface area contributed by atoms with Crippen molar-refractivity contribution in [3.8, 4) is 11.1 Å². The maximum Gasteiger partial charge on any atom is 0.222 e. The minimum atomic E-state index is -0.362. The third-order valence-corrected chi connectivity index (χ3v) is 3.91. The second kappa shape index (κ2) is 6.03. The summed E-state index contributed by atoms with van der Waals surface area (Å²) >= 11 is 0. The van der Waals surface area contributed by atoms with Gasteiger partial charge in [-0.3, -0.25) is 4.79 Å². The van der Waals surface area contributed by atoms with Gasteiger partial charge in [0.2, 0.25) is 5.91 Å². The van der Waals surface area contributed by atoms with Gasteiger partial charge in [0.25, 0.3) is 0 Å². The number of aromatic nitrogens is 3. The van der Waals surface area contributed by atoms with Crippen LogP contribution in [0.1, 0.15) is 32.4 Å². The van der Waals surface area contributed by atoms with Crippen molar-refractivity contribution < 1.29 is 9.18 Å². The number of pyridine rings is 1. The Bertz CT molecular complexity index is 930. The van der Waals surface area contributed by atoms with Crippen LogP contribution in [-0.4, -0.2) is 20.4 Å². The van der Waals surface area contributed by atoms with Gasteiger partial charge in [-0.05, 0) is 55.7 Å². The minimum Gasteiger partial charge on any atom is -0.328 e. The lowest BCUT2D eigenvalue weighted by atomic mass is 10.0. The van der Waals surface area contributed by atoms with Crippen molar-refractivity contribution in [2.75, 3.05) is 5.32 Å². The number of hydrogen-bond donors (Lipinski definition) is 1.